The van der Waals surface area contributed by atoms with E-state index in [-0.39, 0.29) is 5.41 Å². The number of hydrogen-bond donors (Lipinski definition) is 2. The summed E-state index contributed by atoms with van der Waals surface area (Å²) in [7, 11) is -0.467. The third-order valence-corrected chi connectivity index (χ3v) is 9.51. The molecule has 3 nitrogen and oxygen atoms in total. The molecule has 0 aromatic heterocycles. The van der Waals surface area contributed by atoms with Gasteiger partial charge in [-0.25, -0.2) is 4.79 Å². The number of carbonyl (C=O) groups is 1. The Bertz CT molecular complexity index is 672. The molecule has 2 bridgehead atoms. The van der Waals surface area contributed by atoms with Crippen molar-refractivity contribution in [3.05, 3.63) is 42.5 Å². The quantitative estimate of drug-likeness (QED) is 0.647. The van der Waals surface area contributed by atoms with Crippen LogP contribution < -0.4 is 0 Å². The zero-order valence-electron chi connectivity index (χ0n) is 13.4. The van der Waals surface area contributed by atoms with Crippen LogP contribution in [0.15, 0.2) is 47.4 Å². The molecule has 23 heavy (non-hydrogen) atoms. The van der Waals surface area contributed by atoms with Crippen LogP contribution in [-0.2, 0) is 15.7 Å². The van der Waals surface area contributed by atoms with Gasteiger partial charge in [0, 0.05) is 16.3 Å². The Kier molecular flexibility index (Phi) is 3.23. The summed E-state index contributed by atoms with van der Waals surface area (Å²) in [6, 6.07) is 9.94. The predicted octanol–water partition coefficient (Wildman–Crippen LogP) is 3.00. The highest BCUT2D eigenvalue weighted by atomic mass is 32.2. The SMILES string of the molecule is C[C@@]12CCC=CC13CC[C@@]2(O)C[S+](c1ccccc1)[C@@H]3C(=O)O. The minimum Gasteiger partial charge on any atom is -0.478 e. The molecule has 0 radical (unpaired) electrons. The Hall–Kier alpha value is -1.26. The van der Waals surface area contributed by atoms with Crippen molar-refractivity contribution in [2.24, 2.45) is 10.8 Å². The van der Waals surface area contributed by atoms with Gasteiger partial charge in [-0.15, -0.1) is 0 Å². The molecule has 4 rings (SSSR count). The summed E-state index contributed by atoms with van der Waals surface area (Å²) >= 11 is 0. The Morgan fingerprint density at radius 1 is 1.22 bits per heavy atom. The first-order valence-electron chi connectivity index (χ1n) is 8.31. The average molecular weight is 331 g/mol. The van der Waals surface area contributed by atoms with Crippen molar-refractivity contribution in [2.45, 2.75) is 48.4 Å². The van der Waals surface area contributed by atoms with Crippen LogP contribution in [0, 0.1) is 10.8 Å². The lowest BCUT2D eigenvalue weighted by Gasteiger charge is -2.54. The molecule has 1 aromatic rings. The van der Waals surface area contributed by atoms with E-state index < -0.39 is 33.1 Å². The molecule has 1 aliphatic heterocycles. The van der Waals surface area contributed by atoms with E-state index in [9.17, 15) is 15.0 Å². The molecular formula is C19H23O3S+. The zero-order valence-corrected chi connectivity index (χ0v) is 14.2. The van der Waals surface area contributed by atoms with Crippen LogP contribution in [-0.4, -0.2) is 32.8 Å². The average Bonchev–Trinajstić information content (AvgIpc) is 2.68. The number of aliphatic hydroxyl groups is 1. The summed E-state index contributed by atoms with van der Waals surface area (Å²) < 4.78 is 0. The van der Waals surface area contributed by atoms with Crippen LogP contribution >= 0.6 is 0 Å². The molecule has 1 saturated heterocycles. The van der Waals surface area contributed by atoms with Crippen LogP contribution in [0.1, 0.15) is 32.6 Å². The fourth-order valence-electron chi connectivity index (χ4n) is 5.29. The van der Waals surface area contributed by atoms with Crippen LogP contribution in [0.4, 0.5) is 0 Å². The number of aliphatic carboxylic acids is 1. The molecule has 2 fully saturated rings. The van der Waals surface area contributed by atoms with E-state index in [0.717, 1.165) is 24.2 Å². The normalized spacial score (nSPS) is 44.8. The smallest absolute Gasteiger partial charge is 0.358 e. The summed E-state index contributed by atoms with van der Waals surface area (Å²) in [4.78, 5) is 13.4. The van der Waals surface area contributed by atoms with Crippen LogP contribution in [0.3, 0.4) is 0 Å². The van der Waals surface area contributed by atoms with E-state index >= 15 is 0 Å². The number of hydrogen-bond acceptors (Lipinski definition) is 2. The second-order valence-corrected chi connectivity index (χ2v) is 9.54. The molecule has 2 aliphatic carbocycles. The second kappa shape index (κ2) is 4.87. The molecule has 5 atom stereocenters. The van der Waals surface area contributed by atoms with E-state index in [1.54, 1.807) is 0 Å². The van der Waals surface area contributed by atoms with E-state index in [4.69, 9.17) is 0 Å². The monoisotopic (exact) mass is 331 g/mol. The molecular weight excluding hydrogens is 308 g/mol. The van der Waals surface area contributed by atoms with Crippen molar-refractivity contribution >= 4 is 16.9 Å². The fraction of sp³-hybridized carbons (Fsp3) is 0.526. The van der Waals surface area contributed by atoms with E-state index in [0.29, 0.717) is 12.2 Å². The Morgan fingerprint density at radius 3 is 2.65 bits per heavy atom. The number of carboxylic acids is 1. The number of rotatable bonds is 2. The first kappa shape index (κ1) is 15.3. The van der Waals surface area contributed by atoms with Crippen LogP contribution in [0.2, 0.25) is 0 Å². The first-order chi connectivity index (χ1) is 10.9. The van der Waals surface area contributed by atoms with Crippen molar-refractivity contribution in [2.75, 3.05) is 5.75 Å². The van der Waals surface area contributed by atoms with Crippen LogP contribution in [0.25, 0.3) is 0 Å². The van der Waals surface area contributed by atoms with Gasteiger partial charge >= 0.3 is 5.97 Å². The topological polar surface area (TPSA) is 57.5 Å². The minimum absolute atomic E-state index is 0.323. The largest absolute Gasteiger partial charge is 0.478 e. The maximum Gasteiger partial charge on any atom is 0.358 e. The van der Waals surface area contributed by atoms with Crippen molar-refractivity contribution in [3.8, 4) is 0 Å². The third kappa shape index (κ3) is 1.79. The maximum absolute atomic E-state index is 12.3. The van der Waals surface area contributed by atoms with Gasteiger partial charge in [0.25, 0.3) is 0 Å². The summed E-state index contributed by atoms with van der Waals surface area (Å²) in [6.45, 7) is 2.13. The number of carboxylic acid groups (broad SMARTS) is 1. The lowest BCUT2D eigenvalue weighted by Crippen LogP contribution is -2.66. The molecule has 2 unspecified atom stereocenters. The molecule has 122 valence electrons. The Morgan fingerprint density at radius 2 is 1.96 bits per heavy atom. The van der Waals surface area contributed by atoms with E-state index in [1.165, 1.54) is 0 Å². The molecule has 1 saturated carbocycles. The Balaban J connectivity index is 1.91. The molecule has 2 N–H and O–H groups in total. The summed E-state index contributed by atoms with van der Waals surface area (Å²) in [6.07, 6.45) is 7.61. The van der Waals surface area contributed by atoms with Gasteiger partial charge in [-0.1, -0.05) is 37.3 Å². The zero-order chi connectivity index (χ0) is 16.3. The van der Waals surface area contributed by atoms with Gasteiger partial charge in [0.15, 0.2) is 4.90 Å². The van der Waals surface area contributed by atoms with Crippen LogP contribution in [0.5, 0.6) is 0 Å². The molecule has 0 amide bonds. The summed E-state index contributed by atoms with van der Waals surface area (Å²) in [5.41, 5.74) is -1.48. The number of benzene rings is 1. The van der Waals surface area contributed by atoms with Gasteiger partial charge in [-0.05, 0) is 37.8 Å². The van der Waals surface area contributed by atoms with E-state index in [1.807, 2.05) is 30.3 Å². The minimum atomic E-state index is -0.747. The Labute approximate surface area is 139 Å². The van der Waals surface area contributed by atoms with Crippen molar-refractivity contribution in [3.63, 3.8) is 0 Å². The van der Waals surface area contributed by atoms with Gasteiger partial charge in [0.1, 0.15) is 11.4 Å². The third-order valence-electron chi connectivity index (χ3n) is 6.65. The number of allylic oxidation sites excluding steroid dienone is 2. The summed E-state index contributed by atoms with van der Waals surface area (Å²) in [5, 5.41) is 21.2. The summed E-state index contributed by atoms with van der Waals surface area (Å²) in [5.74, 6) is -0.126. The standard InChI is InChI=1S/C19H22O3S/c1-17-9-5-6-10-18(17)11-12-19(17,22)13-23(15(18)16(20)21)14-7-3-2-4-8-14/h2-4,6-8,10,15,22H,5,9,11-13H2,1H3/p+1/t15-,17-,18?,19-,23?/m1/s1. The first-order valence-corrected chi connectivity index (χ1v) is 9.77. The highest BCUT2D eigenvalue weighted by Gasteiger charge is 2.77. The predicted molar refractivity (Wildman–Crippen MR) is 91.5 cm³/mol. The van der Waals surface area contributed by atoms with Crippen molar-refractivity contribution in [1.29, 1.82) is 0 Å². The highest BCUT2D eigenvalue weighted by molar-refractivity contribution is 7.98. The maximum atomic E-state index is 12.3. The fourth-order valence-corrected chi connectivity index (χ4v) is 8.58. The van der Waals surface area contributed by atoms with Gasteiger partial charge in [0.2, 0.25) is 5.25 Å². The van der Waals surface area contributed by atoms with Gasteiger partial charge in [0.05, 0.1) is 5.41 Å². The highest BCUT2D eigenvalue weighted by Crippen LogP contribution is 2.69. The van der Waals surface area contributed by atoms with Crippen molar-refractivity contribution < 1.29 is 15.0 Å². The van der Waals surface area contributed by atoms with Gasteiger partial charge in [-0.3, -0.25) is 0 Å². The molecule has 0 spiro atoms. The lowest BCUT2D eigenvalue weighted by atomic mass is 9.56. The van der Waals surface area contributed by atoms with Gasteiger partial charge < -0.3 is 10.2 Å². The molecule has 1 heterocycles. The van der Waals surface area contributed by atoms with Gasteiger partial charge in [-0.2, -0.15) is 0 Å². The second-order valence-electron chi connectivity index (χ2n) is 7.45. The molecule has 3 aliphatic rings. The van der Waals surface area contributed by atoms with E-state index in [2.05, 4.69) is 19.1 Å². The molecule has 4 heteroatoms. The molecule has 1 aromatic carbocycles. The lowest BCUT2D eigenvalue weighted by molar-refractivity contribution is -0.144. The van der Waals surface area contributed by atoms with Crippen molar-refractivity contribution in [1.82, 2.24) is 0 Å².